The Bertz CT molecular complexity index is 879. The van der Waals surface area contributed by atoms with Gasteiger partial charge >= 0.3 is 0 Å². The number of fused-ring (bicyclic) bond motifs is 1. The molecule has 0 aliphatic carbocycles. The van der Waals surface area contributed by atoms with Gasteiger partial charge in [0.25, 0.3) is 0 Å². The van der Waals surface area contributed by atoms with E-state index in [1.807, 2.05) is 23.9 Å². The summed E-state index contributed by atoms with van der Waals surface area (Å²) in [6, 6.07) is 6.00. The first-order chi connectivity index (χ1) is 12.1. The highest BCUT2D eigenvalue weighted by Crippen LogP contribution is 2.27. The molecule has 0 radical (unpaired) electrons. The fourth-order valence-electron chi connectivity index (χ4n) is 3.49. The van der Waals surface area contributed by atoms with Crippen LogP contribution in [0.25, 0.3) is 10.9 Å². The van der Waals surface area contributed by atoms with Crippen molar-refractivity contribution in [1.29, 1.82) is 0 Å². The second-order valence-corrected chi connectivity index (χ2v) is 8.08. The Kier molecular flexibility index (Phi) is 4.78. The largest absolute Gasteiger partial charge is 0.295 e. The predicted molar refractivity (Wildman–Crippen MR) is 103 cm³/mol. The molecule has 25 heavy (non-hydrogen) atoms. The number of halogens is 1. The second-order valence-electron chi connectivity index (χ2n) is 6.61. The maximum atomic E-state index is 6.42. The topological polar surface area (TPSA) is 37.2 Å². The molecule has 0 unspecified atom stereocenters. The molecule has 0 saturated carbocycles. The van der Waals surface area contributed by atoms with Crippen LogP contribution < -0.4 is 0 Å². The van der Waals surface area contributed by atoms with E-state index in [1.165, 1.54) is 5.69 Å². The standard InChI is InChI=1S/C18H22ClN5S/c1-13-20-14(12-25-13)10-23-6-8-24(9-7-23)11-16-18-15(19)4-3-5-17(18)22(2)21-16/h3-5,12H,6-11H2,1-2H3. The van der Waals surface area contributed by atoms with Crippen LogP contribution >= 0.6 is 22.9 Å². The molecule has 1 aromatic carbocycles. The number of nitrogens with zero attached hydrogens (tertiary/aromatic N) is 5. The molecule has 5 nitrogen and oxygen atoms in total. The lowest BCUT2D eigenvalue weighted by Gasteiger charge is -2.34. The van der Waals surface area contributed by atoms with Crippen LogP contribution in [0.4, 0.5) is 0 Å². The second kappa shape index (κ2) is 7.03. The number of hydrogen-bond acceptors (Lipinski definition) is 5. The molecule has 2 aromatic heterocycles. The van der Waals surface area contributed by atoms with Gasteiger partial charge in [-0.05, 0) is 19.1 Å². The zero-order chi connectivity index (χ0) is 17.4. The number of rotatable bonds is 4. The lowest BCUT2D eigenvalue weighted by Crippen LogP contribution is -2.45. The molecule has 3 heterocycles. The fraction of sp³-hybridized carbons (Fsp3) is 0.444. The van der Waals surface area contributed by atoms with Crippen molar-refractivity contribution in [1.82, 2.24) is 24.6 Å². The molecule has 0 amide bonds. The van der Waals surface area contributed by atoms with Crippen molar-refractivity contribution in [3.63, 3.8) is 0 Å². The van der Waals surface area contributed by atoms with Gasteiger partial charge in [-0.1, -0.05) is 17.7 Å². The third-order valence-electron chi connectivity index (χ3n) is 4.79. The lowest BCUT2D eigenvalue weighted by molar-refractivity contribution is 0.120. The van der Waals surface area contributed by atoms with Gasteiger partial charge in [-0.15, -0.1) is 11.3 Å². The van der Waals surface area contributed by atoms with Crippen LogP contribution in [0.1, 0.15) is 16.4 Å². The Balaban J connectivity index is 1.40. The number of piperazine rings is 1. The summed E-state index contributed by atoms with van der Waals surface area (Å²) in [5, 5.41) is 9.90. The average Bonchev–Trinajstić information content (AvgIpc) is 3.14. The maximum Gasteiger partial charge on any atom is 0.0897 e. The summed E-state index contributed by atoms with van der Waals surface area (Å²) >= 11 is 8.15. The SMILES string of the molecule is Cc1nc(CN2CCN(Cc3nn(C)c4cccc(Cl)c34)CC2)cs1. The molecular formula is C18H22ClN5S. The minimum absolute atomic E-state index is 0.790. The van der Waals surface area contributed by atoms with Crippen LogP contribution in [0, 0.1) is 6.92 Å². The van der Waals surface area contributed by atoms with E-state index in [1.54, 1.807) is 11.3 Å². The Morgan fingerprint density at radius 3 is 2.52 bits per heavy atom. The molecule has 7 heteroatoms. The number of hydrogen-bond donors (Lipinski definition) is 0. The Morgan fingerprint density at radius 2 is 1.84 bits per heavy atom. The van der Waals surface area contributed by atoms with E-state index in [4.69, 9.17) is 16.7 Å². The summed E-state index contributed by atoms with van der Waals surface area (Å²) in [7, 11) is 1.98. The van der Waals surface area contributed by atoms with Crippen LogP contribution in [0.15, 0.2) is 23.6 Å². The number of thiazole rings is 1. The van der Waals surface area contributed by atoms with E-state index >= 15 is 0 Å². The van der Waals surface area contributed by atoms with E-state index < -0.39 is 0 Å². The summed E-state index contributed by atoms with van der Waals surface area (Å²) in [6.45, 7) is 8.09. The van der Waals surface area contributed by atoms with Gasteiger partial charge in [0, 0.05) is 57.1 Å². The maximum absolute atomic E-state index is 6.42. The van der Waals surface area contributed by atoms with Gasteiger partial charge in [0.05, 0.1) is 26.9 Å². The van der Waals surface area contributed by atoms with Gasteiger partial charge in [0.1, 0.15) is 0 Å². The average molecular weight is 376 g/mol. The molecule has 0 atom stereocenters. The van der Waals surface area contributed by atoms with Crippen molar-refractivity contribution in [2.45, 2.75) is 20.0 Å². The monoisotopic (exact) mass is 375 g/mol. The lowest BCUT2D eigenvalue weighted by atomic mass is 10.2. The molecule has 1 saturated heterocycles. The Hall–Kier alpha value is -1.47. The van der Waals surface area contributed by atoms with Crippen LogP contribution in [0.2, 0.25) is 5.02 Å². The summed E-state index contributed by atoms with van der Waals surface area (Å²) in [4.78, 5) is 9.52. The molecule has 4 rings (SSSR count). The predicted octanol–water partition coefficient (Wildman–Crippen LogP) is 3.31. The highest BCUT2D eigenvalue weighted by Gasteiger charge is 2.20. The summed E-state index contributed by atoms with van der Waals surface area (Å²) in [5.41, 5.74) is 3.37. The molecule has 0 bridgehead atoms. The van der Waals surface area contributed by atoms with Gasteiger partial charge in [-0.25, -0.2) is 4.98 Å². The first kappa shape index (κ1) is 17.0. The van der Waals surface area contributed by atoms with Crippen LogP contribution in [-0.2, 0) is 20.1 Å². The van der Waals surface area contributed by atoms with Crippen molar-refractivity contribution in [3.05, 3.63) is 45.0 Å². The van der Waals surface area contributed by atoms with Gasteiger partial charge in [0.15, 0.2) is 0 Å². The number of aromatic nitrogens is 3. The highest BCUT2D eigenvalue weighted by atomic mass is 35.5. The normalized spacial score (nSPS) is 16.8. The molecule has 1 fully saturated rings. The van der Waals surface area contributed by atoms with E-state index in [-0.39, 0.29) is 0 Å². The summed E-state index contributed by atoms with van der Waals surface area (Å²) in [6.07, 6.45) is 0. The highest BCUT2D eigenvalue weighted by molar-refractivity contribution is 7.09. The summed E-state index contributed by atoms with van der Waals surface area (Å²) < 4.78 is 1.93. The Morgan fingerprint density at radius 1 is 1.12 bits per heavy atom. The van der Waals surface area contributed by atoms with E-state index in [0.717, 1.165) is 65.9 Å². The zero-order valence-corrected chi connectivity index (χ0v) is 16.1. The molecule has 1 aliphatic heterocycles. The van der Waals surface area contributed by atoms with Crippen LogP contribution in [-0.4, -0.2) is 50.7 Å². The molecule has 0 N–H and O–H groups in total. The first-order valence-electron chi connectivity index (χ1n) is 8.56. The fourth-order valence-corrected chi connectivity index (χ4v) is 4.37. The van der Waals surface area contributed by atoms with E-state index in [9.17, 15) is 0 Å². The van der Waals surface area contributed by atoms with E-state index in [0.29, 0.717) is 0 Å². The Labute approximate surface area is 156 Å². The van der Waals surface area contributed by atoms with Gasteiger partial charge in [-0.3, -0.25) is 14.5 Å². The first-order valence-corrected chi connectivity index (χ1v) is 9.82. The van der Waals surface area contributed by atoms with Crippen molar-refractivity contribution in [2.75, 3.05) is 26.2 Å². The van der Waals surface area contributed by atoms with Crippen molar-refractivity contribution in [3.8, 4) is 0 Å². The summed E-state index contributed by atoms with van der Waals surface area (Å²) in [5.74, 6) is 0. The molecular weight excluding hydrogens is 354 g/mol. The molecule has 1 aliphatic rings. The molecule has 3 aromatic rings. The van der Waals surface area contributed by atoms with Crippen LogP contribution in [0.5, 0.6) is 0 Å². The number of aryl methyl sites for hydroxylation is 2. The van der Waals surface area contributed by atoms with Gasteiger partial charge in [0.2, 0.25) is 0 Å². The van der Waals surface area contributed by atoms with Crippen molar-refractivity contribution < 1.29 is 0 Å². The third-order valence-corrected chi connectivity index (χ3v) is 5.93. The number of benzene rings is 1. The van der Waals surface area contributed by atoms with Gasteiger partial charge in [-0.2, -0.15) is 5.10 Å². The zero-order valence-electron chi connectivity index (χ0n) is 14.6. The third kappa shape index (κ3) is 3.58. The van der Waals surface area contributed by atoms with Crippen molar-refractivity contribution >= 4 is 33.8 Å². The minimum Gasteiger partial charge on any atom is -0.295 e. The van der Waals surface area contributed by atoms with Gasteiger partial charge < -0.3 is 0 Å². The van der Waals surface area contributed by atoms with Crippen molar-refractivity contribution in [2.24, 2.45) is 7.05 Å². The minimum atomic E-state index is 0.790. The van der Waals surface area contributed by atoms with Crippen LogP contribution in [0.3, 0.4) is 0 Å². The smallest absolute Gasteiger partial charge is 0.0897 e. The van der Waals surface area contributed by atoms with E-state index in [2.05, 4.69) is 33.2 Å². The molecule has 132 valence electrons. The quantitative estimate of drug-likeness (QED) is 0.701. The molecule has 0 spiro atoms.